The van der Waals surface area contributed by atoms with E-state index in [2.05, 4.69) is 25.5 Å². The van der Waals surface area contributed by atoms with Crippen LogP contribution in [-0.4, -0.2) is 24.6 Å². The fourth-order valence-corrected chi connectivity index (χ4v) is 1.77. The first-order valence-electron chi connectivity index (χ1n) is 5.66. The lowest BCUT2D eigenvalue weighted by molar-refractivity contribution is 0.830. The predicted molar refractivity (Wildman–Crippen MR) is 67.1 cm³/mol. The minimum atomic E-state index is 0.0570. The third-order valence-electron chi connectivity index (χ3n) is 2.70. The summed E-state index contributed by atoms with van der Waals surface area (Å²) in [6.45, 7) is 2.03. The first-order valence-corrected chi connectivity index (χ1v) is 5.66. The SMILES string of the molecule is CC(Nc1nccn2cnnc12)c1ccccn1. The van der Waals surface area contributed by atoms with Crippen molar-refractivity contribution in [3.63, 3.8) is 0 Å². The molecule has 18 heavy (non-hydrogen) atoms. The molecule has 0 saturated carbocycles. The molecule has 0 saturated heterocycles. The van der Waals surface area contributed by atoms with Gasteiger partial charge in [0.05, 0.1) is 11.7 Å². The van der Waals surface area contributed by atoms with Crippen LogP contribution in [0.2, 0.25) is 0 Å². The normalized spacial score (nSPS) is 12.5. The predicted octanol–water partition coefficient (Wildman–Crippen LogP) is 1.69. The molecule has 0 radical (unpaired) electrons. The number of anilines is 1. The second kappa shape index (κ2) is 4.40. The van der Waals surface area contributed by atoms with Crippen molar-refractivity contribution in [1.82, 2.24) is 24.6 Å². The summed E-state index contributed by atoms with van der Waals surface area (Å²) >= 11 is 0. The van der Waals surface area contributed by atoms with Gasteiger partial charge in [0.1, 0.15) is 6.33 Å². The first-order chi connectivity index (χ1) is 8.84. The topological polar surface area (TPSA) is 68.0 Å². The second-order valence-electron chi connectivity index (χ2n) is 3.96. The Hall–Kier alpha value is -2.50. The van der Waals surface area contributed by atoms with Crippen molar-refractivity contribution in [2.45, 2.75) is 13.0 Å². The molecule has 0 aromatic carbocycles. The molecular formula is C12H12N6. The van der Waals surface area contributed by atoms with Gasteiger partial charge in [-0.25, -0.2) is 4.98 Å². The van der Waals surface area contributed by atoms with E-state index in [9.17, 15) is 0 Å². The van der Waals surface area contributed by atoms with Crippen molar-refractivity contribution in [2.75, 3.05) is 5.32 Å². The molecule has 3 heterocycles. The average Bonchev–Trinajstić information content (AvgIpc) is 2.89. The number of hydrogen-bond acceptors (Lipinski definition) is 5. The molecule has 1 unspecified atom stereocenters. The number of rotatable bonds is 3. The zero-order valence-corrected chi connectivity index (χ0v) is 9.85. The molecule has 6 heteroatoms. The summed E-state index contributed by atoms with van der Waals surface area (Å²) < 4.78 is 1.82. The average molecular weight is 240 g/mol. The Morgan fingerprint density at radius 1 is 1.22 bits per heavy atom. The number of pyridine rings is 1. The summed E-state index contributed by atoms with van der Waals surface area (Å²) in [6, 6.07) is 5.89. The van der Waals surface area contributed by atoms with Crippen LogP contribution in [-0.2, 0) is 0 Å². The quantitative estimate of drug-likeness (QED) is 0.754. The molecule has 6 nitrogen and oxygen atoms in total. The fourth-order valence-electron chi connectivity index (χ4n) is 1.77. The first kappa shape index (κ1) is 10.6. The van der Waals surface area contributed by atoms with Crippen LogP contribution in [0.3, 0.4) is 0 Å². The zero-order chi connectivity index (χ0) is 12.4. The van der Waals surface area contributed by atoms with Gasteiger partial charge < -0.3 is 5.32 Å². The molecule has 3 aromatic rings. The molecule has 0 fully saturated rings. The monoisotopic (exact) mass is 240 g/mol. The number of aromatic nitrogens is 5. The molecule has 3 rings (SSSR count). The Labute approximate surface area is 104 Å². The lowest BCUT2D eigenvalue weighted by Crippen LogP contribution is -2.10. The van der Waals surface area contributed by atoms with Gasteiger partial charge in [-0.1, -0.05) is 6.07 Å². The third kappa shape index (κ3) is 1.88. The molecule has 0 aliphatic rings. The van der Waals surface area contributed by atoms with E-state index < -0.39 is 0 Å². The number of fused-ring (bicyclic) bond motifs is 1. The number of nitrogens with one attached hydrogen (secondary N) is 1. The van der Waals surface area contributed by atoms with Crippen LogP contribution >= 0.6 is 0 Å². The summed E-state index contributed by atoms with van der Waals surface area (Å²) in [4.78, 5) is 8.59. The zero-order valence-electron chi connectivity index (χ0n) is 9.85. The Morgan fingerprint density at radius 3 is 3.00 bits per heavy atom. The lowest BCUT2D eigenvalue weighted by Gasteiger charge is -2.13. The Bertz CT molecular complexity index is 648. The Kier molecular flexibility index (Phi) is 2.60. The van der Waals surface area contributed by atoms with Gasteiger partial charge in [-0.15, -0.1) is 10.2 Å². The fraction of sp³-hybridized carbons (Fsp3) is 0.167. The molecule has 0 amide bonds. The summed E-state index contributed by atoms with van der Waals surface area (Å²) in [7, 11) is 0. The summed E-state index contributed by atoms with van der Waals surface area (Å²) in [6.07, 6.45) is 6.95. The van der Waals surface area contributed by atoms with Gasteiger partial charge in [-0.3, -0.25) is 9.38 Å². The summed E-state index contributed by atoms with van der Waals surface area (Å²) in [5.74, 6) is 0.702. The Morgan fingerprint density at radius 2 is 2.17 bits per heavy atom. The molecule has 1 atom stereocenters. The standard InChI is InChI=1S/C12H12N6/c1-9(10-4-2-3-5-13-10)16-11-12-17-15-8-18(12)7-6-14-11/h2-9H,1H3,(H,14,16). The van der Waals surface area contributed by atoms with E-state index in [-0.39, 0.29) is 6.04 Å². The van der Waals surface area contributed by atoms with E-state index in [1.807, 2.05) is 35.7 Å². The maximum atomic E-state index is 4.31. The van der Waals surface area contributed by atoms with E-state index in [0.29, 0.717) is 11.5 Å². The highest BCUT2D eigenvalue weighted by Gasteiger charge is 2.10. The van der Waals surface area contributed by atoms with Crippen molar-refractivity contribution in [2.24, 2.45) is 0 Å². The van der Waals surface area contributed by atoms with E-state index in [1.165, 1.54) is 0 Å². The van der Waals surface area contributed by atoms with Crippen LogP contribution < -0.4 is 5.32 Å². The van der Waals surface area contributed by atoms with Gasteiger partial charge >= 0.3 is 0 Å². The van der Waals surface area contributed by atoms with Gasteiger partial charge in [0.2, 0.25) is 5.65 Å². The van der Waals surface area contributed by atoms with Crippen LogP contribution in [0.15, 0.2) is 43.1 Å². The maximum Gasteiger partial charge on any atom is 0.203 e. The Balaban J connectivity index is 1.91. The molecular weight excluding hydrogens is 228 g/mol. The summed E-state index contributed by atoms with van der Waals surface area (Å²) in [5, 5.41) is 11.2. The number of hydrogen-bond donors (Lipinski definition) is 1. The highest BCUT2D eigenvalue weighted by atomic mass is 15.2. The third-order valence-corrected chi connectivity index (χ3v) is 2.70. The van der Waals surface area contributed by atoms with E-state index in [0.717, 1.165) is 5.69 Å². The van der Waals surface area contributed by atoms with Crippen LogP contribution in [0, 0.1) is 0 Å². The van der Waals surface area contributed by atoms with Crippen LogP contribution in [0.5, 0.6) is 0 Å². The highest BCUT2D eigenvalue weighted by molar-refractivity contribution is 5.61. The number of nitrogens with zero attached hydrogens (tertiary/aromatic N) is 5. The van der Waals surface area contributed by atoms with Crippen LogP contribution in [0.4, 0.5) is 5.82 Å². The molecule has 0 bridgehead atoms. The van der Waals surface area contributed by atoms with E-state index >= 15 is 0 Å². The van der Waals surface area contributed by atoms with Gasteiger partial charge in [-0.2, -0.15) is 0 Å². The van der Waals surface area contributed by atoms with Gasteiger partial charge in [-0.05, 0) is 19.1 Å². The maximum absolute atomic E-state index is 4.31. The smallest absolute Gasteiger partial charge is 0.203 e. The van der Waals surface area contributed by atoms with Gasteiger partial charge in [0, 0.05) is 18.6 Å². The molecule has 1 N–H and O–H groups in total. The van der Waals surface area contributed by atoms with Crippen molar-refractivity contribution >= 4 is 11.5 Å². The summed E-state index contributed by atoms with van der Waals surface area (Å²) in [5.41, 5.74) is 1.67. The van der Waals surface area contributed by atoms with E-state index in [1.54, 1.807) is 18.7 Å². The van der Waals surface area contributed by atoms with E-state index in [4.69, 9.17) is 0 Å². The molecule has 0 aliphatic carbocycles. The van der Waals surface area contributed by atoms with Gasteiger partial charge in [0.15, 0.2) is 5.82 Å². The highest BCUT2D eigenvalue weighted by Crippen LogP contribution is 2.17. The van der Waals surface area contributed by atoms with Crippen LogP contribution in [0.25, 0.3) is 5.65 Å². The lowest BCUT2D eigenvalue weighted by atomic mass is 10.2. The van der Waals surface area contributed by atoms with Crippen LogP contribution in [0.1, 0.15) is 18.7 Å². The van der Waals surface area contributed by atoms with Crippen molar-refractivity contribution in [1.29, 1.82) is 0 Å². The van der Waals surface area contributed by atoms with Crippen molar-refractivity contribution < 1.29 is 0 Å². The molecule has 0 spiro atoms. The minimum Gasteiger partial charge on any atom is -0.359 e. The molecule has 3 aromatic heterocycles. The second-order valence-corrected chi connectivity index (χ2v) is 3.96. The van der Waals surface area contributed by atoms with Crippen molar-refractivity contribution in [3.8, 4) is 0 Å². The largest absolute Gasteiger partial charge is 0.359 e. The molecule has 0 aliphatic heterocycles. The molecule has 90 valence electrons. The van der Waals surface area contributed by atoms with Crippen molar-refractivity contribution in [3.05, 3.63) is 48.8 Å². The van der Waals surface area contributed by atoms with Gasteiger partial charge in [0.25, 0.3) is 0 Å². The minimum absolute atomic E-state index is 0.0570.